The zero-order valence-electron chi connectivity index (χ0n) is 15.8. The van der Waals surface area contributed by atoms with Crippen molar-refractivity contribution in [2.24, 2.45) is 10.9 Å². The van der Waals surface area contributed by atoms with Crippen molar-refractivity contribution >= 4 is 28.8 Å². The van der Waals surface area contributed by atoms with Crippen molar-refractivity contribution in [1.29, 1.82) is 0 Å². The SMILES string of the molecule is COc1cc(C(=O)/N=c2\sc(C(C)(C)C)c(C)n2CC2CC2)cc(Cl)n1. The van der Waals surface area contributed by atoms with Crippen LogP contribution in [-0.2, 0) is 12.0 Å². The summed E-state index contributed by atoms with van der Waals surface area (Å²) in [4.78, 5) is 23.2. The van der Waals surface area contributed by atoms with Crippen LogP contribution in [0.15, 0.2) is 17.1 Å². The highest BCUT2D eigenvalue weighted by Crippen LogP contribution is 2.33. The highest BCUT2D eigenvalue weighted by molar-refractivity contribution is 7.09. The summed E-state index contributed by atoms with van der Waals surface area (Å²) in [6, 6.07) is 3.08. The Morgan fingerprint density at radius 1 is 1.42 bits per heavy atom. The molecule has 1 aliphatic rings. The number of thiazole rings is 1. The van der Waals surface area contributed by atoms with Crippen molar-refractivity contribution in [1.82, 2.24) is 9.55 Å². The van der Waals surface area contributed by atoms with Gasteiger partial charge in [-0.25, -0.2) is 4.98 Å². The van der Waals surface area contributed by atoms with Crippen LogP contribution in [0.25, 0.3) is 0 Å². The van der Waals surface area contributed by atoms with Crippen LogP contribution in [0.1, 0.15) is 54.5 Å². The molecule has 0 bridgehead atoms. The smallest absolute Gasteiger partial charge is 0.279 e. The number of aromatic nitrogens is 2. The van der Waals surface area contributed by atoms with E-state index in [9.17, 15) is 4.79 Å². The first-order chi connectivity index (χ1) is 12.2. The lowest BCUT2D eigenvalue weighted by molar-refractivity contribution is 0.0997. The van der Waals surface area contributed by atoms with Gasteiger partial charge in [-0.3, -0.25) is 4.79 Å². The van der Waals surface area contributed by atoms with E-state index in [-0.39, 0.29) is 16.5 Å². The monoisotopic (exact) mass is 393 g/mol. The van der Waals surface area contributed by atoms with E-state index < -0.39 is 0 Å². The number of hydrogen-bond acceptors (Lipinski definition) is 4. The largest absolute Gasteiger partial charge is 0.481 e. The van der Waals surface area contributed by atoms with E-state index in [1.165, 1.54) is 36.6 Å². The van der Waals surface area contributed by atoms with Gasteiger partial charge in [-0.2, -0.15) is 4.99 Å². The molecule has 0 N–H and O–H groups in total. The first kappa shape index (κ1) is 19.1. The molecular weight excluding hydrogens is 370 g/mol. The van der Waals surface area contributed by atoms with Crippen LogP contribution in [0.3, 0.4) is 0 Å². The maximum absolute atomic E-state index is 12.7. The minimum atomic E-state index is -0.334. The summed E-state index contributed by atoms with van der Waals surface area (Å²) >= 11 is 7.58. The van der Waals surface area contributed by atoms with E-state index >= 15 is 0 Å². The summed E-state index contributed by atoms with van der Waals surface area (Å²) < 4.78 is 7.29. The molecule has 3 rings (SSSR count). The van der Waals surface area contributed by atoms with E-state index in [0.717, 1.165) is 11.3 Å². The number of carbonyl (C=O) groups excluding carboxylic acids is 1. The topological polar surface area (TPSA) is 56.5 Å². The lowest BCUT2D eigenvalue weighted by atomic mass is 9.93. The summed E-state index contributed by atoms with van der Waals surface area (Å²) in [5, 5.41) is 0.214. The Labute approximate surface area is 162 Å². The zero-order chi connectivity index (χ0) is 19.1. The third-order valence-corrected chi connectivity index (χ3v) is 6.20. The molecule has 26 heavy (non-hydrogen) atoms. The van der Waals surface area contributed by atoms with E-state index in [1.807, 2.05) is 0 Å². The maximum atomic E-state index is 12.7. The molecule has 0 saturated heterocycles. The second kappa shape index (κ2) is 7.16. The average Bonchev–Trinajstić information content (AvgIpc) is 3.32. The van der Waals surface area contributed by atoms with Crippen molar-refractivity contribution < 1.29 is 9.53 Å². The molecule has 5 nitrogen and oxygen atoms in total. The van der Waals surface area contributed by atoms with Gasteiger partial charge in [0.05, 0.1) is 12.7 Å². The van der Waals surface area contributed by atoms with Crippen LogP contribution in [-0.4, -0.2) is 22.6 Å². The quantitative estimate of drug-likeness (QED) is 0.725. The van der Waals surface area contributed by atoms with Gasteiger partial charge in [0.2, 0.25) is 5.88 Å². The van der Waals surface area contributed by atoms with Gasteiger partial charge >= 0.3 is 0 Å². The second-order valence-corrected chi connectivity index (χ2v) is 9.11. The van der Waals surface area contributed by atoms with Crippen LogP contribution in [0.5, 0.6) is 5.88 Å². The van der Waals surface area contributed by atoms with E-state index in [0.29, 0.717) is 17.4 Å². The molecule has 2 heterocycles. The van der Waals surface area contributed by atoms with Crippen LogP contribution in [0, 0.1) is 12.8 Å². The Morgan fingerprint density at radius 2 is 2.12 bits per heavy atom. The summed E-state index contributed by atoms with van der Waals surface area (Å²) in [5.41, 5.74) is 1.59. The van der Waals surface area contributed by atoms with Gasteiger partial charge in [-0.05, 0) is 37.2 Å². The zero-order valence-corrected chi connectivity index (χ0v) is 17.4. The van der Waals surface area contributed by atoms with Gasteiger partial charge in [-0.1, -0.05) is 32.4 Å². The molecule has 0 unspecified atom stereocenters. The number of ether oxygens (including phenoxy) is 1. The number of carbonyl (C=O) groups is 1. The number of rotatable bonds is 4. The number of amides is 1. The van der Waals surface area contributed by atoms with Gasteiger partial charge in [-0.15, -0.1) is 11.3 Å². The molecule has 0 spiro atoms. The van der Waals surface area contributed by atoms with E-state index in [4.69, 9.17) is 16.3 Å². The Hall–Kier alpha value is -1.66. The van der Waals surface area contributed by atoms with Crippen LogP contribution < -0.4 is 9.54 Å². The first-order valence-corrected chi connectivity index (χ1v) is 9.90. The minimum absolute atomic E-state index is 0.0140. The third-order valence-electron chi connectivity index (χ3n) is 4.40. The molecular formula is C19H24ClN3O2S. The number of halogens is 1. The lowest BCUT2D eigenvalue weighted by Gasteiger charge is -2.17. The van der Waals surface area contributed by atoms with Crippen molar-refractivity contribution in [2.75, 3.05) is 7.11 Å². The van der Waals surface area contributed by atoms with E-state index in [2.05, 4.69) is 42.2 Å². The van der Waals surface area contributed by atoms with Crippen LogP contribution >= 0.6 is 22.9 Å². The van der Waals surface area contributed by atoms with Gasteiger partial charge in [0, 0.05) is 23.2 Å². The molecule has 2 aromatic heterocycles. The second-order valence-electron chi connectivity index (χ2n) is 7.74. The minimum Gasteiger partial charge on any atom is -0.481 e. The van der Waals surface area contributed by atoms with Gasteiger partial charge in [0.25, 0.3) is 5.91 Å². The predicted molar refractivity (Wildman–Crippen MR) is 104 cm³/mol. The predicted octanol–water partition coefficient (Wildman–Crippen LogP) is 4.36. The summed E-state index contributed by atoms with van der Waals surface area (Å²) in [6.07, 6.45) is 2.50. The van der Waals surface area contributed by atoms with E-state index in [1.54, 1.807) is 17.4 Å². The summed E-state index contributed by atoms with van der Waals surface area (Å²) in [7, 11) is 1.49. The fraction of sp³-hybridized carbons (Fsp3) is 0.526. The van der Waals surface area contributed by atoms with Crippen LogP contribution in [0.2, 0.25) is 5.15 Å². The average molecular weight is 394 g/mol. The standard InChI is InChI=1S/C19H24ClN3O2S/c1-11-16(19(2,3)4)26-18(23(11)10-12-6-7-12)22-17(24)13-8-14(20)21-15(9-13)25-5/h8-9,12H,6-7,10H2,1-5H3/b22-18-. The van der Waals surface area contributed by atoms with Gasteiger partial charge < -0.3 is 9.30 Å². The Balaban J connectivity index is 2.06. The molecule has 2 aromatic rings. The van der Waals surface area contributed by atoms with Crippen LogP contribution in [0.4, 0.5) is 0 Å². The molecule has 1 saturated carbocycles. The van der Waals surface area contributed by atoms with Gasteiger partial charge in [0.1, 0.15) is 5.15 Å². The number of nitrogens with zero attached hydrogens (tertiary/aromatic N) is 3. The molecule has 1 aliphatic carbocycles. The van der Waals surface area contributed by atoms with Crippen molar-refractivity contribution in [3.63, 3.8) is 0 Å². The van der Waals surface area contributed by atoms with Crippen molar-refractivity contribution in [2.45, 2.75) is 52.5 Å². The lowest BCUT2D eigenvalue weighted by Crippen LogP contribution is -2.20. The van der Waals surface area contributed by atoms with Crippen molar-refractivity contribution in [3.8, 4) is 5.88 Å². The first-order valence-electron chi connectivity index (χ1n) is 8.70. The van der Waals surface area contributed by atoms with Crippen molar-refractivity contribution in [3.05, 3.63) is 38.2 Å². The number of hydrogen-bond donors (Lipinski definition) is 0. The Kier molecular flexibility index (Phi) is 5.26. The third kappa shape index (κ3) is 4.18. The highest BCUT2D eigenvalue weighted by Gasteiger charge is 2.27. The molecule has 0 aromatic carbocycles. The Morgan fingerprint density at radius 3 is 2.69 bits per heavy atom. The molecule has 1 fully saturated rings. The molecule has 0 aliphatic heterocycles. The number of pyridine rings is 1. The molecule has 7 heteroatoms. The molecule has 140 valence electrons. The fourth-order valence-corrected chi connectivity index (χ4v) is 4.29. The normalized spacial score (nSPS) is 15.4. The Bertz CT molecular complexity index is 904. The highest BCUT2D eigenvalue weighted by atomic mass is 35.5. The molecule has 1 amide bonds. The molecule has 0 atom stereocenters. The number of methoxy groups -OCH3 is 1. The van der Waals surface area contributed by atoms with Gasteiger partial charge in [0.15, 0.2) is 4.80 Å². The maximum Gasteiger partial charge on any atom is 0.279 e. The molecule has 0 radical (unpaired) electrons. The summed E-state index contributed by atoms with van der Waals surface area (Å²) in [5.74, 6) is 0.666. The summed E-state index contributed by atoms with van der Waals surface area (Å²) in [6.45, 7) is 9.60. The fourth-order valence-electron chi connectivity index (χ4n) is 2.89.